The zero-order valence-corrected chi connectivity index (χ0v) is 11.7. The first-order valence-electron chi connectivity index (χ1n) is 6.61. The van der Waals surface area contributed by atoms with Crippen LogP contribution in [-0.2, 0) is 13.0 Å². The van der Waals surface area contributed by atoms with Gasteiger partial charge in [-0.2, -0.15) is 4.98 Å². The van der Waals surface area contributed by atoms with Gasteiger partial charge >= 0.3 is 0 Å². The zero-order chi connectivity index (χ0) is 14.2. The summed E-state index contributed by atoms with van der Waals surface area (Å²) in [7, 11) is 0. The highest BCUT2D eigenvalue weighted by atomic mass is 16.5. The molecule has 0 fully saturated rings. The molecule has 0 saturated heterocycles. The highest BCUT2D eigenvalue weighted by molar-refractivity contribution is 5.79. The van der Waals surface area contributed by atoms with Gasteiger partial charge in [0.1, 0.15) is 12.3 Å². The molecule has 2 aromatic heterocycles. The predicted molar refractivity (Wildman–Crippen MR) is 74.3 cm³/mol. The van der Waals surface area contributed by atoms with Gasteiger partial charge in [0.25, 0.3) is 0 Å². The van der Waals surface area contributed by atoms with Crippen molar-refractivity contribution in [2.75, 3.05) is 13.1 Å². The van der Waals surface area contributed by atoms with Crippen molar-refractivity contribution in [2.24, 2.45) is 4.99 Å². The van der Waals surface area contributed by atoms with Crippen molar-refractivity contribution >= 4 is 5.96 Å². The molecule has 108 valence electrons. The molecule has 7 nitrogen and oxygen atoms in total. The van der Waals surface area contributed by atoms with Crippen LogP contribution in [0.5, 0.6) is 0 Å². The van der Waals surface area contributed by atoms with Crippen LogP contribution in [0.3, 0.4) is 0 Å². The quantitative estimate of drug-likeness (QED) is 0.610. The molecule has 0 aliphatic carbocycles. The number of guanidine groups is 1. The van der Waals surface area contributed by atoms with Crippen LogP contribution in [0.15, 0.2) is 32.3 Å². The van der Waals surface area contributed by atoms with Gasteiger partial charge in [0, 0.05) is 19.5 Å². The maximum atomic E-state index is 5.24. The molecule has 0 amide bonds. The standard InChI is InChI=1S/C13H19N5O2/c1-3-14-13(16-9-11-5-4-8-19-11)15-7-6-12-17-10(2)18-20-12/h4-5,8H,3,6-7,9H2,1-2H3,(H2,14,15,16). The van der Waals surface area contributed by atoms with E-state index in [0.717, 1.165) is 18.3 Å². The van der Waals surface area contributed by atoms with Gasteiger partial charge in [0.2, 0.25) is 5.89 Å². The summed E-state index contributed by atoms with van der Waals surface area (Å²) in [4.78, 5) is 8.57. The summed E-state index contributed by atoms with van der Waals surface area (Å²) in [5, 5.41) is 10.1. The Bertz CT molecular complexity index is 533. The first kappa shape index (κ1) is 14.1. The van der Waals surface area contributed by atoms with E-state index in [1.807, 2.05) is 19.1 Å². The second-order valence-electron chi connectivity index (χ2n) is 4.19. The minimum atomic E-state index is 0.502. The third-order valence-electron chi connectivity index (χ3n) is 2.52. The summed E-state index contributed by atoms with van der Waals surface area (Å²) in [6, 6.07) is 3.75. The largest absolute Gasteiger partial charge is 0.467 e. The molecule has 0 saturated carbocycles. The van der Waals surface area contributed by atoms with Crippen molar-refractivity contribution < 1.29 is 8.94 Å². The average molecular weight is 277 g/mol. The molecule has 0 unspecified atom stereocenters. The Kier molecular flexibility index (Phi) is 5.16. The van der Waals surface area contributed by atoms with E-state index in [2.05, 4.69) is 25.8 Å². The summed E-state index contributed by atoms with van der Waals surface area (Å²) in [6.07, 6.45) is 2.30. The maximum absolute atomic E-state index is 5.24. The molecule has 0 radical (unpaired) electrons. The van der Waals surface area contributed by atoms with Crippen molar-refractivity contribution in [3.05, 3.63) is 35.9 Å². The van der Waals surface area contributed by atoms with Crippen LogP contribution in [-0.4, -0.2) is 29.2 Å². The van der Waals surface area contributed by atoms with E-state index in [1.54, 1.807) is 13.2 Å². The lowest BCUT2D eigenvalue weighted by Crippen LogP contribution is -2.38. The van der Waals surface area contributed by atoms with Crippen molar-refractivity contribution in [3.8, 4) is 0 Å². The van der Waals surface area contributed by atoms with Crippen LogP contribution in [0.4, 0.5) is 0 Å². The molecule has 0 spiro atoms. The molecule has 0 bridgehead atoms. The second kappa shape index (κ2) is 7.32. The number of furan rings is 1. The molecule has 0 aliphatic rings. The minimum Gasteiger partial charge on any atom is -0.467 e. The molecule has 0 aromatic carbocycles. The third kappa shape index (κ3) is 4.42. The molecule has 0 aliphatic heterocycles. The first-order chi connectivity index (χ1) is 9.78. The number of hydrogen-bond acceptors (Lipinski definition) is 5. The minimum absolute atomic E-state index is 0.502. The molecule has 20 heavy (non-hydrogen) atoms. The van der Waals surface area contributed by atoms with Crippen molar-refractivity contribution in [1.29, 1.82) is 0 Å². The Morgan fingerprint density at radius 3 is 2.95 bits per heavy atom. The number of hydrogen-bond donors (Lipinski definition) is 2. The molecule has 2 N–H and O–H groups in total. The number of aromatic nitrogens is 2. The Labute approximate surface area is 117 Å². The fourth-order valence-corrected chi connectivity index (χ4v) is 1.63. The van der Waals surface area contributed by atoms with Crippen LogP contribution in [0, 0.1) is 6.92 Å². The van der Waals surface area contributed by atoms with Crippen LogP contribution in [0.25, 0.3) is 0 Å². The molecule has 0 atom stereocenters. The number of rotatable bonds is 6. The average Bonchev–Trinajstić information content (AvgIpc) is 3.08. The van der Waals surface area contributed by atoms with E-state index in [-0.39, 0.29) is 0 Å². The first-order valence-corrected chi connectivity index (χ1v) is 6.61. The van der Waals surface area contributed by atoms with Crippen LogP contribution in [0.1, 0.15) is 24.4 Å². The maximum Gasteiger partial charge on any atom is 0.228 e. The van der Waals surface area contributed by atoms with E-state index in [1.165, 1.54) is 0 Å². The van der Waals surface area contributed by atoms with Crippen LogP contribution >= 0.6 is 0 Å². The van der Waals surface area contributed by atoms with Gasteiger partial charge in [-0.3, -0.25) is 0 Å². The third-order valence-corrected chi connectivity index (χ3v) is 2.52. The highest BCUT2D eigenvalue weighted by Gasteiger charge is 2.03. The van der Waals surface area contributed by atoms with Crippen molar-refractivity contribution in [1.82, 2.24) is 20.8 Å². The molecule has 7 heteroatoms. The Morgan fingerprint density at radius 2 is 2.30 bits per heavy atom. The summed E-state index contributed by atoms with van der Waals surface area (Å²) < 4.78 is 10.3. The highest BCUT2D eigenvalue weighted by Crippen LogP contribution is 2.01. The predicted octanol–water partition coefficient (Wildman–Crippen LogP) is 1.27. The zero-order valence-electron chi connectivity index (χ0n) is 11.7. The summed E-state index contributed by atoms with van der Waals surface area (Å²) in [5.74, 6) is 2.84. The summed E-state index contributed by atoms with van der Waals surface area (Å²) in [6.45, 7) is 5.79. The van der Waals surface area contributed by atoms with Gasteiger partial charge in [-0.05, 0) is 26.0 Å². The second-order valence-corrected chi connectivity index (χ2v) is 4.19. The topological polar surface area (TPSA) is 88.5 Å². The molecule has 2 aromatic rings. The number of nitrogens with one attached hydrogen (secondary N) is 2. The Hall–Kier alpha value is -2.31. The molecular formula is C13H19N5O2. The molecule has 2 rings (SSSR count). The smallest absolute Gasteiger partial charge is 0.228 e. The lowest BCUT2D eigenvalue weighted by molar-refractivity contribution is 0.374. The summed E-state index contributed by atoms with van der Waals surface area (Å²) >= 11 is 0. The van der Waals surface area contributed by atoms with Crippen LogP contribution in [0.2, 0.25) is 0 Å². The lowest BCUT2D eigenvalue weighted by atomic mass is 10.4. The van der Waals surface area contributed by atoms with Gasteiger partial charge in [-0.25, -0.2) is 4.99 Å². The number of aryl methyl sites for hydroxylation is 1. The molecule has 2 heterocycles. The van der Waals surface area contributed by atoms with E-state index in [9.17, 15) is 0 Å². The number of aliphatic imine (C=N–C) groups is 1. The van der Waals surface area contributed by atoms with Crippen molar-refractivity contribution in [3.63, 3.8) is 0 Å². The van der Waals surface area contributed by atoms with E-state index in [0.29, 0.717) is 31.2 Å². The monoisotopic (exact) mass is 277 g/mol. The lowest BCUT2D eigenvalue weighted by Gasteiger charge is -2.09. The fraction of sp³-hybridized carbons (Fsp3) is 0.462. The van der Waals surface area contributed by atoms with E-state index >= 15 is 0 Å². The van der Waals surface area contributed by atoms with Gasteiger partial charge in [0.05, 0.1) is 6.26 Å². The van der Waals surface area contributed by atoms with Crippen molar-refractivity contribution in [2.45, 2.75) is 26.8 Å². The summed E-state index contributed by atoms with van der Waals surface area (Å²) in [5.41, 5.74) is 0. The van der Waals surface area contributed by atoms with Gasteiger partial charge < -0.3 is 19.6 Å². The van der Waals surface area contributed by atoms with Gasteiger partial charge in [-0.15, -0.1) is 0 Å². The molecular weight excluding hydrogens is 258 g/mol. The van der Waals surface area contributed by atoms with Gasteiger partial charge in [-0.1, -0.05) is 5.16 Å². The van der Waals surface area contributed by atoms with Crippen LogP contribution < -0.4 is 10.6 Å². The van der Waals surface area contributed by atoms with E-state index in [4.69, 9.17) is 8.94 Å². The Morgan fingerprint density at radius 1 is 1.40 bits per heavy atom. The van der Waals surface area contributed by atoms with Gasteiger partial charge in [0.15, 0.2) is 11.8 Å². The normalized spacial score (nSPS) is 11.6. The number of nitrogens with zero attached hydrogens (tertiary/aromatic N) is 3. The Balaban J connectivity index is 1.80. The SMILES string of the molecule is CCNC(=NCc1ccco1)NCCc1nc(C)no1. The van der Waals surface area contributed by atoms with E-state index < -0.39 is 0 Å². The fourth-order valence-electron chi connectivity index (χ4n) is 1.63.